The summed E-state index contributed by atoms with van der Waals surface area (Å²) in [6, 6.07) is 15.3. The molecule has 0 aliphatic rings. The van der Waals surface area contributed by atoms with Gasteiger partial charge in [-0.3, -0.25) is 0 Å². The Labute approximate surface area is 115 Å². The van der Waals surface area contributed by atoms with E-state index in [0.717, 1.165) is 6.08 Å². The van der Waals surface area contributed by atoms with E-state index in [1.165, 1.54) is 6.08 Å². The third-order valence-electron chi connectivity index (χ3n) is 2.52. The van der Waals surface area contributed by atoms with Gasteiger partial charge in [-0.2, -0.15) is 0 Å². The molecular weight excluding hydrogens is 256 g/mol. The van der Waals surface area contributed by atoms with Crippen molar-refractivity contribution in [2.45, 2.75) is 0 Å². The highest BCUT2D eigenvalue weighted by Gasteiger charge is 2.07. The molecule has 0 spiro atoms. The van der Waals surface area contributed by atoms with Crippen molar-refractivity contribution in [2.75, 3.05) is 0 Å². The molecule has 0 radical (unpaired) electrons. The molecule has 0 aliphatic carbocycles. The van der Waals surface area contributed by atoms with Gasteiger partial charge < -0.3 is 9.84 Å². The van der Waals surface area contributed by atoms with Crippen molar-refractivity contribution in [2.24, 2.45) is 0 Å². The van der Waals surface area contributed by atoms with Crippen LogP contribution in [0.15, 0.2) is 60.7 Å². The Kier molecular flexibility index (Phi) is 4.29. The lowest BCUT2D eigenvalue weighted by Gasteiger charge is -2.04. The average Bonchev–Trinajstić information content (AvgIpc) is 2.47. The zero-order valence-corrected chi connectivity index (χ0v) is 10.5. The molecule has 0 heterocycles. The van der Waals surface area contributed by atoms with Crippen LogP contribution >= 0.6 is 0 Å². The summed E-state index contributed by atoms with van der Waals surface area (Å²) in [6.07, 6.45) is 2.51. The Morgan fingerprint density at radius 2 is 1.60 bits per heavy atom. The normalized spacial score (nSPS) is 10.4. The number of rotatable bonds is 4. The van der Waals surface area contributed by atoms with Crippen LogP contribution in [0.4, 0.5) is 0 Å². The van der Waals surface area contributed by atoms with Crippen LogP contribution in [0.5, 0.6) is 5.75 Å². The smallest absolute Gasteiger partial charge is 0.343 e. The summed E-state index contributed by atoms with van der Waals surface area (Å²) in [5, 5.41) is 8.52. The van der Waals surface area contributed by atoms with E-state index in [-0.39, 0.29) is 0 Å². The Balaban J connectivity index is 2.04. The van der Waals surface area contributed by atoms with Gasteiger partial charge in [0.2, 0.25) is 0 Å². The van der Waals surface area contributed by atoms with Crippen LogP contribution in [-0.4, -0.2) is 17.0 Å². The van der Waals surface area contributed by atoms with Crippen LogP contribution in [0.2, 0.25) is 0 Å². The Morgan fingerprint density at radius 1 is 0.950 bits per heavy atom. The van der Waals surface area contributed by atoms with Crippen molar-refractivity contribution in [3.05, 3.63) is 71.8 Å². The second kappa shape index (κ2) is 6.33. The molecule has 4 heteroatoms. The lowest BCUT2D eigenvalue weighted by Crippen LogP contribution is -2.07. The number of carbonyl (C=O) groups is 2. The average molecular weight is 268 g/mol. The molecule has 0 bridgehead atoms. The third-order valence-corrected chi connectivity index (χ3v) is 2.52. The van der Waals surface area contributed by atoms with E-state index in [0.29, 0.717) is 16.9 Å². The van der Waals surface area contributed by atoms with Gasteiger partial charge in [0.25, 0.3) is 0 Å². The molecule has 0 saturated heterocycles. The lowest BCUT2D eigenvalue weighted by atomic mass is 10.2. The monoisotopic (exact) mass is 268 g/mol. The van der Waals surface area contributed by atoms with Gasteiger partial charge in [0.1, 0.15) is 5.75 Å². The first-order chi connectivity index (χ1) is 9.65. The van der Waals surface area contributed by atoms with Gasteiger partial charge in [-0.05, 0) is 35.9 Å². The van der Waals surface area contributed by atoms with Gasteiger partial charge in [-0.1, -0.05) is 30.3 Å². The number of hydrogen-bond donors (Lipinski definition) is 1. The van der Waals surface area contributed by atoms with E-state index in [9.17, 15) is 9.59 Å². The Hall–Kier alpha value is -2.88. The molecule has 0 saturated carbocycles. The minimum Gasteiger partial charge on any atom is -0.478 e. The van der Waals surface area contributed by atoms with E-state index in [2.05, 4.69) is 0 Å². The summed E-state index contributed by atoms with van der Waals surface area (Å²) >= 11 is 0. The second-order valence-electron chi connectivity index (χ2n) is 4.00. The maximum absolute atomic E-state index is 11.8. The standard InChI is InChI=1S/C16H12O4/c17-15(18)11-8-12-6-9-14(10-7-12)20-16(19)13-4-2-1-3-5-13/h1-11H,(H,17,18). The molecule has 0 atom stereocenters. The molecule has 0 fully saturated rings. The summed E-state index contributed by atoms with van der Waals surface area (Å²) < 4.78 is 5.20. The predicted octanol–water partition coefficient (Wildman–Crippen LogP) is 3.00. The summed E-state index contributed by atoms with van der Waals surface area (Å²) in [5.74, 6) is -1.03. The van der Waals surface area contributed by atoms with Crippen LogP contribution in [0.25, 0.3) is 6.08 Å². The van der Waals surface area contributed by atoms with Gasteiger partial charge in [0, 0.05) is 6.08 Å². The minimum atomic E-state index is -1.01. The number of esters is 1. The minimum absolute atomic E-state index is 0.409. The summed E-state index contributed by atoms with van der Waals surface area (Å²) in [6.45, 7) is 0. The maximum Gasteiger partial charge on any atom is 0.343 e. The molecular formula is C16H12O4. The number of benzene rings is 2. The van der Waals surface area contributed by atoms with E-state index in [1.807, 2.05) is 6.07 Å². The zero-order chi connectivity index (χ0) is 14.4. The number of carbonyl (C=O) groups excluding carboxylic acids is 1. The fourth-order valence-corrected chi connectivity index (χ4v) is 1.55. The number of carboxylic acids is 1. The number of hydrogen-bond acceptors (Lipinski definition) is 3. The SMILES string of the molecule is O=C(O)C=Cc1ccc(OC(=O)c2ccccc2)cc1. The van der Waals surface area contributed by atoms with Crippen molar-refractivity contribution in [3.8, 4) is 5.75 Å². The van der Waals surface area contributed by atoms with Crippen LogP contribution in [0, 0.1) is 0 Å². The molecule has 4 nitrogen and oxygen atoms in total. The lowest BCUT2D eigenvalue weighted by molar-refractivity contribution is -0.131. The van der Waals surface area contributed by atoms with Crippen molar-refractivity contribution >= 4 is 18.0 Å². The molecule has 2 aromatic rings. The first kappa shape index (κ1) is 13.5. The molecule has 0 amide bonds. The summed E-state index contributed by atoms with van der Waals surface area (Å²) in [7, 11) is 0. The van der Waals surface area contributed by atoms with Gasteiger partial charge in [-0.25, -0.2) is 9.59 Å². The van der Waals surface area contributed by atoms with Crippen LogP contribution in [0.1, 0.15) is 15.9 Å². The molecule has 2 aromatic carbocycles. The maximum atomic E-state index is 11.8. The van der Waals surface area contributed by atoms with E-state index in [4.69, 9.17) is 9.84 Å². The molecule has 100 valence electrons. The zero-order valence-electron chi connectivity index (χ0n) is 10.5. The fraction of sp³-hybridized carbons (Fsp3) is 0. The molecule has 0 aromatic heterocycles. The second-order valence-corrected chi connectivity index (χ2v) is 4.00. The summed E-state index contributed by atoms with van der Waals surface area (Å²) in [5.41, 5.74) is 1.19. The number of aliphatic carboxylic acids is 1. The highest BCUT2D eigenvalue weighted by Crippen LogP contribution is 2.15. The van der Waals surface area contributed by atoms with Crippen molar-refractivity contribution < 1.29 is 19.4 Å². The van der Waals surface area contributed by atoms with Crippen molar-refractivity contribution in [1.29, 1.82) is 0 Å². The highest BCUT2D eigenvalue weighted by atomic mass is 16.5. The molecule has 1 N–H and O–H groups in total. The molecule has 2 rings (SSSR count). The van der Waals surface area contributed by atoms with E-state index >= 15 is 0 Å². The van der Waals surface area contributed by atoms with Crippen LogP contribution in [0.3, 0.4) is 0 Å². The van der Waals surface area contributed by atoms with Crippen molar-refractivity contribution in [3.63, 3.8) is 0 Å². The third kappa shape index (κ3) is 3.81. The Bertz CT molecular complexity index is 627. The van der Waals surface area contributed by atoms with Gasteiger partial charge in [-0.15, -0.1) is 0 Å². The summed E-state index contributed by atoms with van der Waals surface area (Å²) in [4.78, 5) is 22.2. The number of carboxylic acid groups (broad SMARTS) is 1. The largest absolute Gasteiger partial charge is 0.478 e. The fourth-order valence-electron chi connectivity index (χ4n) is 1.55. The van der Waals surface area contributed by atoms with Crippen LogP contribution in [-0.2, 0) is 4.79 Å². The van der Waals surface area contributed by atoms with Gasteiger partial charge in [0.05, 0.1) is 5.56 Å². The predicted molar refractivity (Wildman–Crippen MR) is 74.5 cm³/mol. The first-order valence-electron chi connectivity index (χ1n) is 5.93. The Morgan fingerprint density at radius 3 is 2.20 bits per heavy atom. The van der Waals surface area contributed by atoms with Gasteiger partial charge in [0.15, 0.2) is 0 Å². The molecule has 0 aliphatic heterocycles. The number of ether oxygens (including phenoxy) is 1. The van der Waals surface area contributed by atoms with Crippen LogP contribution < -0.4 is 4.74 Å². The van der Waals surface area contributed by atoms with Gasteiger partial charge >= 0.3 is 11.9 Å². The van der Waals surface area contributed by atoms with E-state index < -0.39 is 11.9 Å². The highest BCUT2D eigenvalue weighted by molar-refractivity contribution is 5.91. The first-order valence-corrected chi connectivity index (χ1v) is 5.93. The van der Waals surface area contributed by atoms with E-state index in [1.54, 1.807) is 48.5 Å². The topological polar surface area (TPSA) is 63.6 Å². The van der Waals surface area contributed by atoms with Crippen molar-refractivity contribution in [1.82, 2.24) is 0 Å². The molecule has 0 unspecified atom stereocenters. The molecule has 20 heavy (non-hydrogen) atoms. The quantitative estimate of drug-likeness (QED) is 0.526.